The second-order valence-electron chi connectivity index (χ2n) is 15.2. The monoisotopic (exact) mass is 688 g/mol. The van der Waals surface area contributed by atoms with Gasteiger partial charge in [0.05, 0.1) is 35.6 Å². The van der Waals surface area contributed by atoms with Crippen LogP contribution in [0.5, 0.6) is 0 Å². The van der Waals surface area contributed by atoms with Crippen LogP contribution in [-0.4, -0.2) is 77.1 Å². The second-order valence-corrected chi connectivity index (χ2v) is 15.2. The second kappa shape index (κ2) is 17.1. The van der Waals surface area contributed by atoms with Crippen LogP contribution in [0.2, 0.25) is 0 Å². The zero-order chi connectivity index (χ0) is 35.8. The molecular weight excluding hydrogens is 632 g/mol. The van der Waals surface area contributed by atoms with Gasteiger partial charge in [0.2, 0.25) is 11.8 Å². The molecule has 4 amide bonds. The first-order valence-corrected chi connectivity index (χ1v) is 18.6. The summed E-state index contributed by atoms with van der Waals surface area (Å²) in [5.74, 6) is 0.273. The molecule has 0 radical (unpaired) electrons. The summed E-state index contributed by atoms with van der Waals surface area (Å²) >= 11 is 0. The van der Waals surface area contributed by atoms with Gasteiger partial charge in [-0.15, -0.1) is 0 Å². The maximum absolute atomic E-state index is 12.7. The Kier molecular flexibility index (Phi) is 12.8. The zero-order valence-electron chi connectivity index (χ0n) is 30.5. The van der Waals surface area contributed by atoms with Crippen LogP contribution >= 0.6 is 0 Å². The molecule has 2 N–H and O–H groups in total. The SMILES string of the molecule is C/C(=C\C=C\[C@@H](C)C[C@@]1(C)O[C@@H]1[C@H](C)[C@@H]1CCCCO1)c1nc(CC(=O)NCCC(=O)NC2CCC(CN3C(=O)C=CC3=O)CC2)ccc1C. The number of aromatic nitrogens is 1. The van der Waals surface area contributed by atoms with Crippen LogP contribution in [0.25, 0.3) is 5.57 Å². The summed E-state index contributed by atoms with van der Waals surface area (Å²) in [6, 6.07) is 3.95. The number of imide groups is 1. The predicted molar refractivity (Wildman–Crippen MR) is 193 cm³/mol. The van der Waals surface area contributed by atoms with Crippen LogP contribution in [0.4, 0.5) is 0 Å². The third kappa shape index (κ3) is 10.2. The van der Waals surface area contributed by atoms with Crippen molar-refractivity contribution >= 4 is 29.2 Å². The quantitative estimate of drug-likeness (QED) is 0.144. The van der Waals surface area contributed by atoms with Crippen LogP contribution in [0.1, 0.15) is 102 Å². The molecule has 272 valence electrons. The van der Waals surface area contributed by atoms with Gasteiger partial charge in [-0.05, 0) is 101 Å². The van der Waals surface area contributed by atoms with Crippen molar-refractivity contribution in [1.82, 2.24) is 20.5 Å². The summed E-state index contributed by atoms with van der Waals surface area (Å²) < 4.78 is 12.3. The van der Waals surface area contributed by atoms with E-state index in [2.05, 4.69) is 49.6 Å². The van der Waals surface area contributed by atoms with Crippen molar-refractivity contribution in [1.29, 1.82) is 0 Å². The van der Waals surface area contributed by atoms with Crippen LogP contribution in [0.15, 0.2) is 42.5 Å². The highest BCUT2D eigenvalue weighted by Gasteiger charge is 2.56. The lowest BCUT2D eigenvalue weighted by atomic mass is 9.85. The Balaban J connectivity index is 1.00. The van der Waals surface area contributed by atoms with Crippen molar-refractivity contribution in [2.75, 3.05) is 19.7 Å². The van der Waals surface area contributed by atoms with Gasteiger partial charge in [0.15, 0.2) is 0 Å². The van der Waals surface area contributed by atoms with Crippen molar-refractivity contribution in [3.63, 3.8) is 0 Å². The molecule has 50 heavy (non-hydrogen) atoms. The molecule has 0 bridgehead atoms. The summed E-state index contributed by atoms with van der Waals surface area (Å²) in [6.07, 6.45) is 17.8. The molecule has 0 spiro atoms. The molecule has 2 saturated heterocycles. The highest BCUT2D eigenvalue weighted by Crippen LogP contribution is 2.48. The average molecular weight is 689 g/mol. The van der Waals surface area contributed by atoms with Gasteiger partial charge in [0, 0.05) is 50.2 Å². The highest BCUT2D eigenvalue weighted by atomic mass is 16.6. The Morgan fingerprint density at radius 1 is 1.06 bits per heavy atom. The minimum absolute atomic E-state index is 0.0697. The molecule has 10 heteroatoms. The average Bonchev–Trinajstić information content (AvgIpc) is 3.66. The van der Waals surface area contributed by atoms with E-state index in [1.165, 1.54) is 23.5 Å². The molecule has 0 unspecified atom stereocenters. The number of nitrogens with one attached hydrogen (secondary N) is 2. The lowest BCUT2D eigenvalue weighted by molar-refractivity contribution is -0.137. The van der Waals surface area contributed by atoms with Gasteiger partial charge < -0.3 is 20.1 Å². The van der Waals surface area contributed by atoms with E-state index in [0.29, 0.717) is 30.2 Å². The summed E-state index contributed by atoms with van der Waals surface area (Å²) in [5, 5.41) is 5.93. The first kappa shape index (κ1) is 37.6. The maximum Gasteiger partial charge on any atom is 0.253 e. The summed E-state index contributed by atoms with van der Waals surface area (Å²) in [6.45, 7) is 12.4. The molecule has 1 aromatic rings. The van der Waals surface area contributed by atoms with Crippen molar-refractivity contribution in [3.05, 3.63) is 59.5 Å². The molecule has 4 aliphatic rings. The Morgan fingerprint density at radius 2 is 1.80 bits per heavy atom. The summed E-state index contributed by atoms with van der Waals surface area (Å²) in [7, 11) is 0. The van der Waals surface area contributed by atoms with E-state index in [4.69, 9.17) is 14.5 Å². The first-order valence-electron chi connectivity index (χ1n) is 18.6. The van der Waals surface area contributed by atoms with Crippen LogP contribution in [0, 0.1) is 24.7 Å². The lowest BCUT2D eigenvalue weighted by Gasteiger charge is -2.31. The number of hydrogen-bond donors (Lipinski definition) is 2. The molecular formula is C40H56N4O6. The molecule has 5 atom stereocenters. The topological polar surface area (TPSA) is 130 Å². The van der Waals surface area contributed by atoms with Crippen molar-refractivity contribution < 1.29 is 28.7 Å². The Labute approximate surface area is 297 Å². The smallest absolute Gasteiger partial charge is 0.253 e. The third-order valence-electron chi connectivity index (χ3n) is 10.8. The number of carbonyl (C=O) groups excluding carboxylic acids is 4. The standard InChI is InChI=1S/C40H56N4O6/c1-26(24-40(5)39(50-40)29(4)33-11-6-7-22-49-33)9-8-10-27(2)38-28(3)12-15-32(43-38)23-35(46)41-21-20-34(45)42-31-16-13-30(14-17-31)25-44-36(47)18-19-37(44)48/h8-10,12,15,18-19,26,29-31,33,39H,6-7,11,13-14,16-17,20-25H2,1-5H3,(H,41,46)(H,42,45)/b9-8+,27-10+/t26-,29-,30?,31?,33+,39-,40-/m1/s1. The van der Waals surface area contributed by atoms with Crippen LogP contribution in [0.3, 0.4) is 0 Å². The number of hydrogen-bond acceptors (Lipinski definition) is 7. The lowest BCUT2D eigenvalue weighted by Crippen LogP contribution is -2.41. The Morgan fingerprint density at radius 3 is 2.50 bits per heavy atom. The first-order chi connectivity index (χ1) is 23.9. The molecule has 3 aliphatic heterocycles. The summed E-state index contributed by atoms with van der Waals surface area (Å²) in [5.41, 5.74) is 3.53. The maximum atomic E-state index is 12.7. The number of allylic oxidation sites excluding steroid dienone is 4. The third-order valence-corrected chi connectivity index (χ3v) is 10.8. The Hall–Kier alpha value is -3.63. The van der Waals surface area contributed by atoms with Gasteiger partial charge >= 0.3 is 0 Å². The van der Waals surface area contributed by atoms with Gasteiger partial charge in [0.1, 0.15) is 0 Å². The number of ether oxygens (including phenoxy) is 2. The van der Waals surface area contributed by atoms with E-state index >= 15 is 0 Å². The molecule has 1 aromatic heterocycles. The number of aryl methyl sites for hydroxylation is 1. The van der Waals surface area contributed by atoms with Crippen molar-refractivity contribution in [2.24, 2.45) is 17.8 Å². The fraction of sp³-hybridized carbons (Fsp3) is 0.625. The molecule has 4 heterocycles. The van der Waals surface area contributed by atoms with E-state index in [1.807, 2.05) is 26.0 Å². The van der Waals surface area contributed by atoms with Gasteiger partial charge in [-0.2, -0.15) is 0 Å². The molecule has 1 saturated carbocycles. The fourth-order valence-corrected chi connectivity index (χ4v) is 7.90. The molecule has 0 aromatic carbocycles. The molecule has 5 rings (SSSR count). The number of nitrogens with zero attached hydrogens (tertiary/aromatic N) is 2. The van der Waals surface area contributed by atoms with Crippen molar-refractivity contribution in [2.45, 2.75) is 123 Å². The van der Waals surface area contributed by atoms with Crippen molar-refractivity contribution in [3.8, 4) is 0 Å². The zero-order valence-corrected chi connectivity index (χ0v) is 30.5. The highest BCUT2D eigenvalue weighted by molar-refractivity contribution is 6.12. The minimum atomic E-state index is -0.245. The van der Waals surface area contributed by atoms with Gasteiger partial charge in [0.25, 0.3) is 11.8 Å². The number of amides is 4. The molecule has 10 nitrogen and oxygen atoms in total. The molecule has 1 aliphatic carbocycles. The van der Waals surface area contributed by atoms with E-state index in [1.54, 1.807) is 0 Å². The Bertz CT molecular complexity index is 1470. The van der Waals surface area contributed by atoms with E-state index in [9.17, 15) is 19.2 Å². The minimum Gasteiger partial charge on any atom is -0.378 e. The number of carbonyl (C=O) groups is 4. The van der Waals surface area contributed by atoms with E-state index < -0.39 is 0 Å². The predicted octanol–water partition coefficient (Wildman–Crippen LogP) is 5.39. The number of epoxide rings is 1. The van der Waals surface area contributed by atoms with Crippen LogP contribution in [-0.2, 0) is 35.1 Å². The largest absolute Gasteiger partial charge is 0.378 e. The molecule has 3 fully saturated rings. The normalized spacial score (nSPS) is 28.2. The fourth-order valence-electron chi connectivity index (χ4n) is 7.90. The van der Waals surface area contributed by atoms with Gasteiger partial charge in [-0.1, -0.05) is 38.1 Å². The number of rotatable bonds is 15. The summed E-state index contributed by atoms with van der Waals surface area (Å²) in [4.78, 5) is 55.0. The van der Waals surface area contributed by atoms with E-state index in [-0.39, 0.29) is 66.7 Å². The van der Waals surface area contributed by atoms with Gasteiger partial charge in [-0.25, -0.2) is 0 Å². The van der Waals surface area contributed by atoms with E-state index in [0.717, 1.165) is 68.4 Å². The van der Waals surface area contributed by atoms with Crippen LogP contribution < -0.4 is 10.6 Å². The van der Waals surface area contributed by atoms with Gasteiger partial charge in [-0.3, -0.25) is 29.1 Å². The number of pyridine rings is 1.